The molecule has 3 aromatic carbocycles. The zero-order valence-electron chi connectivity index (χ0n) is 36.2. The van der Waals surface area contributed by atoms with E-state index in [1.807, 2.05) is 0 Å². The normalized spacial score (nSPS) is 28.6. The molecule has 8 aromatic rings. The van der Waals surface area contributed by atoms with Crippen LogP contribution in [0.3, 0.4) is 0 Å². The Kier molecular flexibility index (Phi) is 6.44. The number of rotatable bonds is 1. The van der Waals surface area contributed by atoms with Gasteiger partial charge in [0.25, 0.3) is 0 Å². The Bertz CT molecular complexity index is 3130. The van der Waals surface area contributed by atoms with Crippen LogP contribution in [0.25, 0.3) is 65.6 Å². The number of nitrogens with zero attached hydrogens (tertiary/aromatic N) is 4. The van der Waals surface area contributed by atoms with Gasteiger partial charge in [0, 0.05) is 61.2 Å². The first-order valence-corrected chi connectivity index (χ1v) is 23.5. The molecule has 8 aliphatic rings. The molecule has 0 N–H and O–H groups in total. The summed E-state index contributed by atoms with van der Waals surface area (Å²) in [6, 6.07) is 17.6. The van der Waals surface area contributed by atoms with Crippen LogP contribution >= 0.6 is 0 Å². The fourth-order valence-electron chi connectivity index (χ4n) is 15.3. The van der Waals surface area contributed by atoms with Gasteiger partial charge >= 0.3 is 0 Å². The van der Waals surface area contributed by atoms with Gasteiger partial charge in [-0.2, -0.15) is 0 Å². The Morgan fingerprint density at radius 1 is 0.492 bits per heavy atom. The van der Waals surface area contributed by atoms with Crippen molar-refractivity contribution in [2.45, 2.75) is 147 Å². The second-order valence-electron chi connectivity index (χ2n) is 23.2. The van der Waals surface area contributed by atoms with Gasteiger partial charge in [-0.25, -0.2) is 0 Å². The van der Waals surface area contributed by atoms with E-state index in [0.29, 0.717) is 23.7 Å². The van der Waals surface area contributed by atoms with Gasteiger partial charge in [0.15, 0.2) is 0 Å². The Hall–Kier alpha value is -4.44. The van der Waals surface area contributed by atoms with Crippen molar-refractivity contribution in [3.8, 4) is 5.69 Å². The van der Waals surface area contributed by atoms with Gasteiger partial charge in [-0.1, -0.05) is 47.6 Å². The van der Waals surface area contributed by atoms with Crippen LogP contribution < -0.4 is 0 Å². The highest BCUT2D eigenvalue weighted by Crippen LogP contribution is 2.60. The van der Waals surface area contributed by atoms with E-state index in [-0.39, 0.29) is 10.8 Å². The van der Waals surface area contributed by atoms with Crippen molar-refractivity contribution in [1.82, 2.24) is 18.9 Å². The predicted octanol–water partition coefficient (Wildman–Crippen LogP) is 14.4. The Labute approximate surface area is 348 Å². The number of hydrogen-bond donors (Lipinski definition) is 0. The number of hydrogen-bond acceptors (Lipinski definition) is 2. The molecule has 0 aliphatic heterocycles. The third-order valence-corrected chi connectivity index (χ3v) is 17.5. The van der Waals surface area contributed by atoms with Gasteiger partial charge in [0.2, 0.25) is 0 Å². The third-order valence-electron chi connectivity index (χ3n) is 17.5. The molecule has 16 rings (SSSR count). The molecule has 298 valence electrons. The molecular formula is C55H58N4. The summed E-state index contributed by atoms with van der Waals surface area (Å²) in [4.78, 5) is 11.0. The molecule has 5 aromatic heterocycles. The fraction of sp³-hybridized carbons (Fsp3) is 0.491. The average molecular weight is 775 g/mol. The van der Waals surface area contributed by atoms with Crippen LogP contribution in [0.2, 0.25) is 0 Å². The third kappa shape index (κ3) is 4.47. The average Bonchev–Trinajstić information content (AvgIpc) is 3.73. The van der Waals surface area contributed by atoms with Crippen molar-refractivity contribution in [2.75, 3.05) is 0 Å². The summed E-state index contributed by atoms with van der Waals surface area (Å²) < 4.78 is 5.24. The number of benzene rings is 3. The van der Waals surface area contributed by atoms with Crippen LogP contribution in [0.5, 0.6) is 0 Å². The summed E-state index contributed by atoms with van der Waals surface area (Å²) in [5.41, 5.74) is 18.4. The van der Waals surface area contributed by atoms with Gasteiger partial charge in [-0.05, 0) is 182 Å². The standard InChI is InChI=1S/C55H58N4/c1-27-10-36(54(2,3)4)22-41-48-44(25-56-50-34-17-28-11-29(18-34)14-32(13-28)46(48)50)58(52(27)41)38-8-9-43-39(24-38)40-21-37(55(5,6)7)23-42-49-45(59(43)53(40)42)26-57-51-35-19-30-12-31(20-35)16-33(15-30)47(49)51/h8-10,21-26,28-35H,11-20H2,1-7H3. The van der Waals surface area contributed by atoms with Crippen LogP contribution in [-0.4, -0.2) is 18.9 Å². The van der Waals surface area contributed by atoms with E-state index in [1.165, 1.54) is 158 Å². The Morgan fingerprint density at radius 3 is 1.56 bits per heavy atom. The molecule has 0 radical (unpaired) electrons. The molecule has 4 unspecified atom stereocenters. The molecule has 4 fully saturated rings. The lowest BCUT2D eigenvalue weighted by Gasteiger charge is -2.38. The van der Waals surface area contributed by atoms with Crippen molar-refractivity contribution >= 4 is 59.9 Å². The van der Waals surface area contributed by atoms with Crippen LogP contribution in [0, 0.1) is 30.6 Å². The number of fused-ring (bicyclic) bond motifs is 9. The summed E-state index contributed by atoms with van der Waals surface area (Å²) in [5.74, 6) is 6.00. The first-order valence-electron chi connectivity index (χ1n) is 23.5. The van der Waals surface area contributed by atoms with Crippen LogP contribution in [0.1, 0.15) is 169 Å². The molecule has 4 heteroatoms. The molecule has 4 saturated carbocycles. The molecule has 59 heavy (non-hydrogen) atoms. The minimum atomic E-state index is 0.0256. The summed E-state index contributed by atoms with van der Waals surface area (Å²) in [6.45, 7) is 16.7. The minimum Gasteiger partial charge on any atom is -0.307 e. The van der Waals surface area contributed by atoms with E-state index >= 15 is 0 Å². The Morgan fingerprint density at radius 2 is 0.983 bits per heavy atom. The van der Waals surface area contributed by atoms with Gasteiger partial charge in [0.1, 0.15) is 0 Å². The lowest BCUT2D eigenvalue weighted by atomic mass is 9.67. The monoisotopic (exact) mass is 774 g/mol. The second-order valence-corrected chi connectivity index (χ2v) is 23.2. The molecule has 5 heterocycles. The molecule has 4 atom stereocenters. The first kappa shape index (κ1) is 34.3. The summed E-state index contributed by atoms with van der Waals surface area (Å²) in [7, 11) is 0. The SMILES string of the molecule is Cc1cc(C(C)(C)C)cc2c3c4c(ncc3n(-c3ccc5c(c3)c3cc(C(C)(C)C)cc6c7c8c(ncc7n5c36)C3CC5CC(C3)CC8C5)c12)C1CC2CC(C1)CC4C2. The predicted molar refractivity (Wildman–Crippen MR) is 244 cm³/mol. The van der Waals surface area contributed by atoms with Crippen LogP contribution in [0.15, 0.2) is 54.9 Å². The molecule has 8 bridgehead atoms. The molecule has 0 spiro atoms. The van der Waals surface area contributed by atoms with Crippen molar-refractivity contribution in [1.29, 1.82) is 0 Å². The van der Waals surface area contributed by atoms with Gasteiger partial charge < -0.3 is 8.97 Å². The van der Waals surface area contributed by atoms with Gasteiger partial charge in [-0.15, -0.1) is 0 Å². The maximum atomic E-state index is 5.53. The molecule has 0 amide bonds. The zero-order chi connectivity index (χ0) is 39.6. The second kappa shape index (κ2) is 11.1. The van der Waals surface area contributed by atoms with E-state index in [4.69, 9.17) is 9.97 Å². The molecule has 8 aliphatic carbocycles. The molecular weight excluding hydrogens is 717 g/mol. The quantitative estimate of drug-likeness (QED) is 0.166. The van der Waals surface area contributed by atoms with Crippen LogP contribution in [0.4, 0.5) is 0 Å². The smallest absolute Gasteiger partial charge is 0.0728 e. The number of pyridine rings is 2. The van der Waals surface area contributed by atoms with Gasteiger partial charge in [0.05, 0.1) is 40.0 Å². The van der Waals surface area contributed by atoms with Crippen molar-refractivity contribution in [3.63, 3.8) is 0 Å². The number of aromatic nitrogens is 4. The summed E-state index contributed by atoms with van der Waals surface area (Å²) in [6.07, 6.45) is 18.2. The zero-order valence-corrected chi connectivity index (χ0v) is 36.2. The molecule has 0 saturated heterocycles. The first-order chi connectivity index (χ1) is 28.4. The lowest BCUT2D eigenvalue weighted by Crippen LogP contribution is -2.25. The Balaban J connectivity index is 1.07. The molecule has 4 nitrogen and oxygen atoms in total. The highest BCUT2D eigenvalue weighted by atomic mass is 15.0. The minimum absolute atomic E-state index is 0.0256. The van der Waals surface area contributed by atoms with Crippen molar-refractivity contribution in [2.24, 2.45) is 23.7 Å². The van der Waals surface area contributed by atoms with E-state index in [0.717, 1.165) is 23.7 Å². The van der Waals surface area contributed by atoms with E-state index in [2.05, 4.69) is 112 Å². The van der Waals surface area contributed by atoms with E-state index in [9.17, 15) is 0 Å². The van der Waals surface area contributed by atoms with E-state index < -0.39 is 0 Å². The maximum absolute atomic E-state index is 5.53. The van der Waals surface area contributed by atoms with Crippen LogP contribution in [-0.2, 0) is 10.8 Å². The van der Waals surface area contributed by atoms with Gasteiger partial charge in [-0.3, -0.25) is 9.97 Å². The van der Waals surface area contributed by atoms with Crippen molar-refractivity contribution < 1.29 is 0 Å². The van der Waals surface area contributed by atoms with Crippen molar-refractivity contribution in [3.05, 3.63) is 94.1 Å². The summed E-state index contributed by atoms with van der Waals surface area (Å²) >= 11 is 0. The highest BCUT2D eigenvalue weighted by Gasteiger charge is 2.46. The highest BCUT2D eigenvalue weighted by molar-refractivity contribution is 6.24. The number of aryl methyl sites for hydroxylation is 1. The van der Waals surface area contributed by atoms with E-state index in [1.54, 1.807) is 11.1 Å². The lowest BCUT2D eigenvalue weighted by molar-refractivity contribution is 0.165. The summed E-state index contributed by atoms with van der Waals surface area (Å²) in [5, 5.41) is 8.66. The maximum Gasteiger partial charge on any atom is 0.0728 e. The topological polar surface area (TPSA) is 35.1 Å². The largest absolute Gasteiger partial charge is 0.307 e. The fourth-order valence-corrected chi connectivity index (χ4v) is 15.3.